The molecule has 4 N–H and O–H groups in total. The predicted octanol–water partition coefficient (Wildman–Crippen LogP) is 3.51. The Balaban J connectivity index is 1.46. The van der Waals surface area contributed by atoms with Gasteiger partial charge in [-0.25, -0.2) is 9.97 Å². The molecular formula is C24H25N5O3. The SMILES string of the molecule is C=CC(=O)N1CC[C@@H](COc2ncnc(N)c2-c2ccc(Oc3ccc(N)cc3)cc2)C1. The molecule has 0 bridgehead atoms. The third-order valence-corrected chi connectivity index (χ3v) is 5.33. The van der Waals surface area contributed by atoms with E-state index in [-0.39, 0.29) is 11.8 Å². The third-order valence-electron chi connectivity index (χ3n) is 5.33. The fourth-order valence-corrected chi connectivity index (χ4v) is 3.62. The molecule has 164 valence electrons. The smallest absolute Gasteiger partial charge is 0.245 e. The first-order valence-electron chi connectivity index (χ1n) is 10.3. The Hall–Kier alpha value is -4.07. The maximum Gasteiger partial charge on any atom is 0.245 e. The zero-order chi connectivity index (χ0) is 22.5. The van der Waals surface area contributed by atoms with Gasteiger partial charge in [0.25, 0.3) is 0 Å². The van der Waals surface area contributed by atoms with Gasteiger partial charge in [0, 0.05) is 24.7 Å². The van der Waals surface area contributed by atoms with Gasteiger partial charge in [0.1, 0.15) is 23.6 Å². The molecule has 0 radical (unpaired) electrons. The zero-order valence-electron chi connectivity index (χ0n) is 17.6. The number of ether oxygens (including phenoxy) is 2. The Morgan fingerprint density at radius 3 is 2.47 bits per heavy atom. The van der Waals surface area contributed by atoms with Gasteiger partial charge in [0.2, 0.25) is 11.8 Å². The van der Waals surface area contributed by atoms with Crippen LogP contribution in [0.2, 0.25) is 0 Å². The second-order valence-electron chi connectivity index (χ2n) is 7.59. The van der Waals surface area contributed by atoms with Crippen molar-refractivity contribution in [2.75, 3.05) is 31.2 Å². The molecule has 1 saturated heterocycles. The molecule has 1 aliphatic rings. The van der Waals surface area contributed by atoms with Gasteiger partial charge in [-0.05, 0) is 54.5 Å². The monoisotopic (exact) mass is 431 g/mol. The summed E-state index contributed by atoms with van der Waals surface area (Å²) >= 11 is 0. The van der Waals surface area contributed by atoms with E-state index < -0.39 is 0 Å². The highest BCUT2D eigenvalue weighted by Crippen LogP contribution is 2.34. The predicted molar refractivity (Wildman–Crippen MR) is 123 cm³/mol. The van der Waals surface area contributed by atoms with Gasteiger partial charge in [0.05, 0.1) is 12.2 Å². The molecule has 0 saturated carbocycles. The molecule has 0 aliphatic carbocycles. The Bertz CT molecular complexity index is 1100. The molecule has 32 heavy (non-hydrogen) atoms. The lowest BCUT2D eigenvalue weighted by Crippen LogP contribution is -2.27. The van der Waals surface area contributed by atoms with Crippen LogP contribution in [0.5, 0.6) is 17.4 Å². The molecule has 1 aliphatic heterocycles. The second kappa shape index (κ2) is 9.38. The number of benzene rings is 2. The van der Waals surface area contributed by atoms with Crippen LogP contribution in [0.1, 0.15) is 6.42 Å². The molecule has 1 amide bonds. The molecule has 8 heteroatoms. The van der Waals surface area contributed by atoms with Crippen molar-refractivity contribution in [1.29, 1.82) is 0 Å². The van der Waals surface area contributed by atoms with E-state index in [1.54, 1.807) is 17.0 Å². The van der Waals surface area contributed by atoms with Crippen LogP contribution in [0.3, 0.4) is 0 Å². The number of likely N-dealkylation sites (tertiary alicyclic amines) is 1. The fourth-order valence-electron chi connectivity index (χ4n) is 3.62. The molecule has 0 unspecified atom stereocenters. The average molecular weight is 431 g/mol. The average Bonchev–Trinajstić information content (AvgIpc) is 3.28. The summed E-state index contributed by atoms with van der Waals surface area (Å²) in [5.74, 6) is 2.28. The van der Waals surface area contributed by atoms with Gasteiger partial charge < -0.3 is 25.8 Å². The number of nitrogens with two attached hydrogens (primary N) is 2. The largest absolute Gasteiger partial charge is 0.477 e. The van der Waals surface area contributed by atoms with Gasteiger partial charge >= 0.3 is 0 Å². The molecule has 2 heterocycles. The van der Waals surface area contributed by atoms with Crippen LogP contribution >= 0.6 is 0 Å². The molecule has 1 atom stereocenters. The van der Waals surface area contributed by atoms with Crippen LogP contribution in [0, 0.1) is 5.92 Å². The van der Waals surface area contributed by atoms with E-state index in [2.05, 4.69) is 16.5 Å². The van der Waals surface area contributed by atoms with E-state index in [0.717, 1.165) is 12.0 Å². The minimum absolute atomic E-state index is 0.0549. The van der Waals surface area contributed by atoms with E-state index >= 15 is 0 Å². The minimum atomic E-state index is -0.0549. The molecule has 0 spiro atoms. The van der Waals surface area contributed by atoms with E-state index in [0.29, 0.717) is 54.1 Å². The van der Waals surface area contributed by atoms with Crippen molar-refractivity contribution in [2.45, 2.75) is 6.42 Å². The molecule has 2 aromatic carbocycles. The highest BCUT2D eigenvalue weighted by molar-refractivity contribution is 5.87. The van der Waals surface area contributed by atoms with E-state index in [1.807, 2.05) is 36.4 Å². The lowest BCUT2D eigenvalue weighted by atomic mass is 10.1. The minimum Gasteiger partial charge on any atom is -0.477 e. The van der Waals surface area contributed by atoms with Gasteiger partial charge in [-0.1, -0.05) is 18.7 Å². The highest BCUT2D eigenvalue weighted by Gasteiger charge is 2.26. The number of aromatic nitrogens is 2. The molecule has 8 nitrogen and oxygen atoms in total. The van der Waals surface area contributed by atoms with Gasteiger partial charge in [0.15, 0.2) is 0 Å². The number of rotatable bonds is 7. The fraction of sp³-hybridized carbons (Fsp3) is 0.208. The molecule has 1 aromatic heterocycles. The Labute approximate surface area is 186 Å². The third kappa shape index (κ3) is 4.80. The maximum atomic E-state index is 11.8. The first kappa shape index (κ1) is 21.2. The number of carbonyl (C=O) groups is 1. The van der Waals surface area contributed by atoms with Crippen molar-refractivity contribution in [1.82, 2.24) is 14.9 Å². The number of hydrogen-bond donors (Lipinski definition) is 2. The first-order valence-corrected chi connectivity index (χ1v) is 10.3. The van der Waals surface area contributed by atoms with E-state index in [1.165, 1.54) is 12.4 Å². The van der Waals surface area contributed by atoms with Crippen LogP contribution in [0.4, 0.5) is 11.5 Å². The van der Waals surface area contributed by atoms with Gasteiger partial charge in [-0.15, -0.1) is 0 Å². The molecule has 3 aromatic rings. The van der Waals surface area contributed by atoms with Crippen molar-refractivity contribution in [3.8, 4) is 28.5 Å². The molecular weight excluding hydrogens is 406 g/mol. The van der Waals surface area contributed by atoms with Crippen LogP contribution in [-0.2, 0) is 4.79 Å². The number of carbonyl (C=O) groups excluding carboxylic acids is 1. The van der Waals surface area contributed by atoms with Crippen molar-refractivity contribution in [2.24, 2.45) is 5.92 Å². The summed E-state index contributed by atoms with van der Waals surface area (Å²) in [6.07, 6.45) is 3.59. The van der Waals surface area contributed by atoms with Crippen molar-refractivity contribution < 1.29 is 14.3 Å². The summed E-state index contributed by atoms with van der Waals surface area (Å²) < 4.78 is 11.9. The van der Waals surface area contributed by atoms with Gasteiger partial charge in [-0.3, -0.25) is 4.79 Å². The number of nitrogens with zero attached hydrogens (tertiary/aromatic N) is 3. The Morgan fingerprint density at radius 2 is 1.78 bits per heavy atom. The van der Waals surface area contributed by atoms with Crippen molar-refractivity contribution in [3.63, 3.8) is 0 Å². The van der Waals surface area contributed by atoms with E-state index in [9.17, 15) is 4.79 Å². The molecule has 4 rings (SSSR count). The lowest BCUT2D eigenvalue weighted by Gasteiger charge is -2.16. The van der Waals surface area contributed by atoms with Crippen molar-refractivity contribution >= 4 is 17.4 Å². The van der Waals surface area contributed by atoms with Crippen LogP contribution in [0.15, 0.2) is 67.5 Å². The Kier molecular flexibility index (Phi) is 6.21. The lowest BCUT2D eigenvalue weighted by molar-refractivity contribution is -0.125. The summed E-state index contributed by atoms with van der Waals surface area (Å²) in [6, 6.07) is 14.6. The summed E-state index contributed by atoms with van der Waals surface area (Å²) in [7, 11) is 0. The topological polar surface area (TPSA) is 117 Å². The number of hydrogen-bond acceptors (Lipinski definition) is 7. The summed E-state index contributed by atoms with van der Waals surface area (Å²) in [4.78, 5) is 22.0. The van der Waals surface area contributed by atoms with Crippen LogP contribution < -0.4 is 20.9 Å². The van der Waals surface area contributed by atoms with Crippen LogP contribution in [0.25, 0.3) is 11.1 Å². The zero-order valence-corrected chi connectivity index (χ0v) is 17.6. The summed E-state index contributed by atoms with van der Waals surface area (Å²) in [5, 5.41) is 0. The number of nitrogen functional groups attached to an aromatic ring is 2. The van der Waals surface area contributed by atoms with E-state index in [4.69, 9.17) is 20.9 Å². The summed E-state index contributed by atoms with van der Waals surface area (Å²) in [6.45, 7) is 5.32. The summed E-state index contributed by atoms with van der Waals surface area (Å²) in [5.41, 5.74) is 14.0. The quantitative estimate of drug-likeness (QED) is 0.434. The molecule has 1 fully saturated rings. The normalized spacial score (nSPS) is 15.4. The van der Waals surface area contributed by atoms with Gasteiger partial charge in [-0.2, -0.15) is 0 Å². The highest BCUT2D eigenvalue weighted by atomic mass is 16.5. The van der Waals surface area contributed by atoms with Crippen LogP contribution in [-0.4, -0.2) is 40.5 Å². The standard InChI is InChI=1S/C24H25N5O3/c1-2-21(30)29-12-11-16(13-29)14-31-24-22(23(26)27-15-28-24)17-3-7-19(8-4-17)32-20-9-5-18(25)6-10-20/h2-10,15-16H,1,11-14,25H2,(H2,26,27,28)/t16-/m1/s1. The first-order chi connectivity index (χ1) is 15.5. The Morgan fingerprint density at radius 1 is 1.09 bits per heavy atom. The second-order valence-corrected chi connectivity index (χ2v) is 7.59. The van der Waals surface area contributed by atoms with Crippen molar-refractivity contribution in [3.05, 3.63) is 67.5 Å². The number of anilines is 2. The maximum absolute atomic E-state index is 11.8. The number of amides is 1.